The van der Waals surface area contributed by atoms with Crippen LogP contribution in [0.5, 0.6) is 0 Å². The third-order valence-electron chi connectivity index (χ3n) is 3.59. The number of nitrogens with zero attached hydrogens (tertiary/aromatic N) is 1. The van der Waals surface area contributed by atoms with Crippen LogP contribution in [0.1, 0.15) is 18.1 Å². The van der Waals surface area contributed by atoms with Crippen molar-refractivity contribution in [2.24, 2.45) is 4.99 Å². The molecule has 0 saturated heterocycles. The second-order valence-corrected chi connectivity index (χ2v) is 6.64. The van der Waals surface area contributed by atoms with E-state index in [1.165, 1.54) is 16.0 Å². The first kappa shape index (κ1) is 19.3. The molecule has 0 atom stereocenters. The predicted molar refractivity (Wildman–Crippen MR) is 107 cm³/mol. The lowest BCUT2D eigenvalue weighted by Crippen LogP contribution is -2.37. The Kier molecular flexibility index (Phi) is 8.94. The molecule has 0 bridgehead atoms. The van der Waals surface area contributed by atoms with Crippen LogP contribution in [-0.2, 0) is 17.9 Å². The van der Waals surface area contributed by atoms with Crippen molar-refractivity contribution in [3.8, 4) is 0 Å². The van der Waals surface area contributed by atoms with Gasteiger partial charge in [0.05, 0.1) is 6.61 Å². The van der Waals surface area contributed by atoms with Crippen molar-refractivity contribution in [3.63, 3.8) is 0 Å². The summed E-state index contributed by atoms with van der Waals surface area (Å²) in [6.45, 7) is 5.04. The molecule has 0 heterocycles. The van der Waals surface area contributed by atoms with Crippen LogP contribution < -0.4 is 10.6 Å². The Bertz CT molecular complexity index is 629. The molecule has 134 valence electrons. The summed E-state index contributed by atoms with van der Waals surface area (Å²) >= 11 is 1.84. The first-order valence-corrected chi connectivity index (χ1v) is 9.58. The number of ether oxygens (including phenoxy) is 1. The summed E-state index contributed by atoms with van der Waals surface area (Å²) in [5.74, 6) is 1.82. The van der Waals surface area contributed by atoms with Crippen molar-refractivity contribution in [3.05, 3.63) is 65.7 Å². The SMILES string of the molecule is CCOCc1ccc(CNC(=NC)NCCSc2ccccc2)cc1. The highest BCUT2D eigenvalue weighted by Gasteiger charge is 2.00. The first-order chi connectivity index (χ1) is 12.3. The Morgan fingerprint density at radius 2 is 1.72 bits per heavy atom. The second-order valence-electron chi connectivity index (χ2n) is 5.47. The molecular weight excluding hydrogens is 330 g/mol. The van der Waals surface area contributed by atoms with E-state index in [4.69, 9.17) is 4.74 Å². The molecule has 4 nitrogen and oxygen atoms in total. The molecule has 25 heavy (non-hydrogen) atoms. The van der Waals surface area contributed by atoms with Crippen molar-refractivity contribution in [2.45, 2.75) is 25.0 Å². The number of rotatable bonds is 9. The molecule has 0 spiro atoms. The number of guanidine groups is 1. The van der Waals surface area contributed by atoms with Gasteiger partial charge in [-0.2, -0.15) is 0 Å². The van der Waals surface area contributed by atoms with Crippen LogP contribution in [-0.4, -0.2) is 31.9 Å². The van der Waals surface area contributed by atoms with Gasteiger partial charge in [-0.25, -0.2) is 0 Å². The van der Waals surface area contributed by atoms with Gasteiger partial charge >= 0.3 is 0 Å². The topological polar surface area (TPSA) is 45.6 Å². The van der Waals surface area contributed by atoms with Gasteiger partial charge < -0.3 is 15.4 Å². The number of nitrogens with one attached hydrogen (secondary N) is 2. The first-order valence-electron chi connectivity index (χ1n) is 8.59. The molecule has 0 fully saturated rings. The van der Waals surface area contributed by atoms with Crippen LogP contribution in [0.15, 0.2) is 64.5 Å². The van der Waals surface area contributed by atoms with E-state index in [1.54, 1.807) is 7.05 Å². The maximum Gasteiger partial charge on any atom is 0.191 e. The summed E-state index contributed by atoms with van der Waals surface area (Å²) in [6.07, 6.45) is 0. The van der Waals surface area contributed by atoms with Crippen molar-refractivity contribution in [1.82, 2.24) is 10.6 Å². The minimum Gasteiger partial charge on any atom is -0.377 e. The van der Waals surface area contributed by atoms with E-state index in [1.807, 2.05) is 24.8 Å². The largest absolute Gasteiger partial charge is 0.377 e. The van der Waals surface area contributed by atoms with Crippen LogP contribution in [0.4, 0.5) is 0 Å². The summed E-state index contributed by atoms with van der Waals surface area (Å²) in [5, 5.41) is 6.69. The summed E-state index contributed by atoms with van der Waals surface area (Å²) in [6, 6.07) is 18.9. The zero-order valence-corrected chi connectivity index (χ0v) is 15.8. The van der Waals surface area contributed by atoms with Crippen LogP contribution >= 0.6 is 11.8 Å². The predicted octanol–water partition coefficient (Wildman–Crippen LogP) is 3.68. The quantitative estimate of drug-likeness (QED) is 0.311. The van der Waals surface area contributed by atoms with E-state index in [9.17, 15) is 0 Å². The minimum absolute atomic E-state index is 0.673. The zero-order chi connectivity index (χ0) is 17.7. The smallest absolute Gasteiger partial charge is 0.191 e. The average molecular weight is 358 g/mol. The lowest BCUT2D eigenvalue weighted by molar-refractivity contribution is 0.134. The van der Waals surface area contributed by atoms with Crippen LogP contribution in [0.2, 0.25) is 0 Å². The van der Waals surface area contributed by atoms with Gasteiger partial charge in [0.25, 0.3) is 0 Å². The van der Waals surface area contributed by atoms with Gasteiger partial charge in [0.1, 0.15) is 0 Å². The number of hydrogen-bond donors (Lipinski definition) is 2. The fourth-order valence-electron chi connectivity index (χ4n) is 2.23. The molecule has 2 rings (SSSR count). The van der Waals surface area contributed by atoms with E-state index < -0.39 is 0 Å². The highest BCUT2D eigenvalue weighted by molar-refractivity contribution is 7.99. The number of benzene rings is 2. The Balaban J connectivity index is 1.67. The van der Waals surface area contributed by atoms with Gasteiger partial charge in [0.15, 0.2) is 5.96 Å². The monoisotopic (exact) mass is 357 g/mol. The van der Waals surface area contributed by atoms with Crippen molar-refractivity contribution in [2.75, 3.05) is 26.0 Å². The molecule has 0 amide bonds. The lowest BCUT2D eigenvalue weighted by Gasteiger charge is -2.12. The van der Waals surface area contributed by atoms with Gasteiger partial charge in [-0.1, -0.05) is 42.5 Å². The molecule has 2 N–H and O–H groups in total. The molecule has 0 radical (unpaired) electrons. The van der Waals surface area contributed by atoms with E-state index in [0.717, 1.165) is 31.4 Å². The molecule has 0 aliphatic rings. The van der Waals surface area contributed by atoms with Gasteiger partial charge in [0, 0.05) is 37.4 Å². The fraction of sp³-hybridized carbons (Fsp3) is 0.350. The Morgan fingerprint density at radius 1 is 1.00 bits per heavy atom. The normalized spacial score (nSPS) is 11.4. The van der Waals surface area contributed by atoms with Gasteiger partial charge in [-0.15, -0.1) is 11.8 Å². The van der Waals surface area contributed by atoms with Crippen LogP contribution in [0.25, 0.3) is 0 Å². The summed E-state index contributed by atoms with van der Waals surface area (Å²) < 4.78 is 5.42. The molecular formula is C20H27N3OS. The molecule has 0 aliphatic heterocycles. The standard InChI is InChI=1S/C20H27N3OS/c1-3-24-16-18-11-9-17(10-12-18)15-23-20(21-2)22-13-14-25-19-7-5-4-6-8-19/h4-12H,3,13-16H2,1-2H3,(H2,21,22,23). The number of aliphatic imine (C=N–C) groups is 1. The Hall–Kier alpha value is -1.98. The molecule has 2 aromatic rings. The second kappa shape index (κ2) is 11.6. The van der Waals surface area contributed by atoms with E-state index >= 15 is 0 Å². The zero-order valence-electron chi connectivity index (χ0n) is 15.0. The van der Waals surface area contributed by atoms with Crippen LogP contribution in [0, 0.1) is 0 Å². The third-order valence-corrected chi connectivity index (χ3v) is 4.60. The lowest BCUT2D eigenvalue weighted by atomic mass is 10.1. The summed E-state index contributed by atoms with van der Waals surface area (Å²) in [5.41, 5.74) is 2.42. The van der Waals surface area contributed by atoms with Gasteiger partial charge in [-0.05, 0) is 30.2 Å². The molecule has 0 aliphatic carbocycles. The molecule has 5 heteroatoms. The third kappa shape index (κ3) is 7.63. The molecule has 0 saturated carbocycles. The van der Waals surface area contributed by atoms with Crippen molar-refractivity contribution in [1.29, 1.82) is 0 Å². The maximum atomic E-state index is 5.42. The maximum absolute atomic E-state index is 5.42. The van der Waals surface area contributed by atoms with Gasteiger partial charge in [-0.3, -0.25) is 4.99 Å². The number of hydrogen-bond acceptors (Lipinski definition) is 3. The summed E-state index contributed by atoms with van der Waals surface area (Å²) in [7, 11) is 1.80. The average Bonchev–Trinajstić information content (AvgIpc) is 2.67. The van der Waals surface area contributed by atoms with E-state index in [-0.39, 0.29) is 0 Å². The molecule has 0 unspecified atom stereocenters. The highest BCUT2D eigenvalue weighted by Crippen LogP contribution is 2.15. The van der Waals surface area contributed by atoms with E-state index in [2.05, 4.69) is 64.2 Å². The minimum atomic E-state index is 0.673. The van der Waals surface area contributed by atoms with Crippen LogP contribution in [0.3, 0.4) is 0 Å². The Labute approximate surface area is 155 Å². The fourth-order valence-corrected chi connectivity index (χ4v) is 3.02. The highest BCUT2D eigenvalue weighted by atomic mass is 32.2. The van der Waals surface area contributed by atoms with E-state index in [0.29, 0.717) is 6.61 Å². The number of thioether (sulfide) groups is 1. The van der Waals surface area contributed by atoms with Crippen molar-refractivity contribution < 1.29 is 4.74 Å². The summed E-state index contributed by atoms with van der Waals surface area (Å²) in [4.78, 5) is 5.56. The Morgan fingerprint density at radius 3 is 2.40 bits per heavy atom. The molecule has 2 aromatic carbocycles. The van der Waals surface area contributed by atoms with Gasteiger partial charge in [0.2, 0.25) is 0 Å². The van der Waals surface area contributed by atoms with Crippen molar-refractivity contribution >= 4 is 17.7 Å². The molecule has 0 aromatic heterocycles.